The molecule has 1 unspecified atom stereocenters. The van der Waals surface area contributed by atoms with E-state index < -0.39 is 0 Å². The number of amides is 1. The van der Waals surface area contributed by atoms with Crippen LogP contribution in [0.1, 0.15) is 18.5 Å². The number of benzene rings is 2. The summed E-state index contributed by atoms with van der Waals surface area (Å²) >= 11 is 1.28. The number of hydrogen-bond donors (Lipinski definition) is 2. The number of aromatic amines is 1. The van der Waals surface area contributed by atoms with Gasteiger partial charge in [0.15, 0.2) is 5.82 Å². The maximum Gasteiger partial charge on any atom is 0.230 e. The third-order valence-corrected chi connectivity index (χ3v) is 4.99. The lowest BCUT2D eigenvalue weighted by atomic mass is 10.1. The molecule has 0 saturated heterocycles. The van der Waals surface area contributed by atoms with Gasteiger partial charge in [-0.15, -0.1) is 5.10 Å². The maximum atomic E-state index is 12.3. The van der Waals surface area contributed by atoms with Gasteiger partial charge < -0.3 is 14.8 Å². The summed E-state index contributed by atoms with van der Waals surface area (Å²) < 4.78 is 10.5. The van der Waals surface area contributed by atoms with Crippen molar-refractivity contribution in [3.63, 3.8) is 0 Å². The highest BCUT2D eigenvalue weighted by Gasteiger charge is 2.15. The Bertz CT molecular complexity index is 927. The second-order valence-corrected chi connectivity index (χ2v) is 6.96. The fourth-order valence-corrected chi connectivity index (χ4v) is 3.31. The second kappa shape index (κ2) is 9.27. The fraction of sp³-hybridized carbons (Fsp3) is 0.250. The monoisotopic (exact) mass is 398 g/mol. The number of nitrogens with zero attached hydrogens (tertiary/aromatic N) is 2. The Morgan fingerprint density at radius 2 is 1.89 bits per heavy atom. The van der Waals surface area contributed by atoms with Crippen LogP contribution >= 0.6 is 11.8 Å². The maximum absolute atomic E-state index is 12.3. The van der Waals surface area contributed by atoms with Crippen molar-refractivity contribution in [2.45, 2.75) is 18.1 Å². The SMILES string of the molecule is COc1ccc(-c2nc(SCC(=O)NC(C)c3ccccc3OC)n[nH]2)cc1. The van der Waals surface area contributed by atoms with Crippen molar-refractivity contribution >= 4 is 17.7 Å². The zero-order chi connectivity index (χ0) is 19.9. The molecule has 0 aliphatic carbocycles. The van der Waals surface area contributed by atoms with Crippen LogP contribution in [0.2, 0.25) is 0 Å². The molecule has 0 saturated carbocycles. The number of methoxy groups -OCH3 is 2. The van der Waals surface area contributed by atoms with Crippen LogP contribution in [0.3, 0.4) is 0 Å². The molecule has 0 bridgehead atoms. The Morgan fingerprint density at radius 3 is 2.61 bits per heavy atom. The van der Waals surface area contributed by atoms with Crippen LogP contribution in [-0.4, -0.2) is 41.1 Å². The van der Waals surface area contributed by atoms with Gasteiger partial charge >= 0.3 is 0 Å². The molecule has 28 heavy (non-hydrogen) atoms. The topological polar surface area (TPSA) is 89.1 Å². The van der Waals surface area contributed by atoms with E-state index >= 15 is 0 Å². The van der Waals surface area contributed by atoms with Crippen LogP contribution < -0.4 is 14.8 Å². The summed E-state index contributed by atoms with van der Waals surface area (Å²) in [5.41, 5.74) is 1.83. The van der Waals surface area contributed by atoms with E-state index in [-0.39, 0.29) is 17.7 Å². The Balaban J connectivity index is 1.55. The van der Waals surface area contributed by atoms with Gasteiger partial charge in [-0.1, -0.05) is 30.0 Å². The minimum Gasteiger partial charge on any atom is -0.497 e. The molecule has 2 N–H and O–H groups in total. The summed E-state index contributed by atoms with van der Waals surface area (Å²) in [4.78, 5) is 16.7. The van der Waals surface area contributed by atoms with Gasteiger partial charge in [0, 0.05) is 11.1 Å². The van der Waals surface area contributed by atoms with E-state index in [4.69, 9.17) is 9.47 Å². The van der Waals surface area contributed by atoms with Crippen molar-refractivity contribution in [2.24, 2.45) is 0 Å². The number of aromatic nitrogens is 3. The Kier molecular flexibility index (Phi) is 6.54. The number of nitrogens with one attached hydrogen (secondary N) is 2. The number of para-hydroxylation sites is 1. The number of H-pyrrole nitrogens is 1. The molecule has 3 rings (SSSR count). The summed E-state index contributed by atoms with van der Waals surface area (Å²) in [6.07, 6.45) is 0. The largest absolute Gasteiger partial charge is 0.497 e. The minimum atomic E-state index is -0.161. The van der Waals surface area contributed by atoms with E-state index in [0.717, 1.165) is 22.6 Å². The van der Waals surface area contributed by atoms with Crippen LogP contribution in [0.25, 0.3) is 11.4 Å². The van der Waals surface area contributed by atoms with Gasteiger partial charge in [-0.2, -0.15) is 0 Å². The molecule has 146 valence electrons. The van der Waals surface area contributed by atoms with E-state index in [0.29, 0.717) is 11.0 Å². The second-order valence-electron chi connectivity index (χ2n) is 6.01. The smallest absolute Gasteiger partial charge is 0.230 e. The molecule has 3 aromatic rings. The first-order valence-corrected chi connectivity index (χ1v) is 9.71. The molecule has 2 aromatic carbocycles. The Hall–Kier alpha value is -3.00. The van der Waals surface area contributed by atoms with Crippen LogP contribution in [0, 0.1) is 0 Å². The van der Waals surface area contributed by atoms with E-state index in [1.807, 2.05) is 55.5 Å². The molecule has 0 aliphatic heterocycles. The number of carbonyl (C=O) groups excluding carboxylic acids is 1. The third kappa shape index (κ3) is 4.83. The van der Waals surface area contributed by atoms with Gasteiger partial charge in [-0.25, -0.2) is 4.98 Å². The standard InChI is InChI=1S/C20H22N4O3S/c1-13(16-6-4-5-7-17(16)27-3)21-18(25)12-28-20-22-19(23-24-20)14-8-10-15(26-2)11-9-14/h4-11,13H,12H2,1-3H3,(H,21,25)(H,22,23,24). The van der Waals surface area contributed by atoms with Crippen LogP contribution in [-0.2, 0) is 4.79 Å². The quantitative estimate of drug-likeness (QED) is 0.565. The van der Waals surface area contributed by atoms with E-state index in [1.165, 1.54) is 11.8 Å². The molecule has 0 radical (unpaired) electrons. The molecule has 8 heteroatoms. The predicted molar refractivity (Wildman–Crippen MR) is 109 cm³/mol. The molecule has 1 atom stereocenters. The number of carbonyl (C=O) groups is 1. The highest BCUT2D eigenvalue weighted by molar-refractivity contribution is 7.99. The first-order chi connectivity index (χ1) is 13.6. The Morgan fingerprint density at radius 1 is 1.14 bits per heavy atom. The van der Waals surface area contributed by atoms with E-state index in [9.17, 15) is 4.79 Å². The van der Waals surface area contributed by atoms with Gasteiger partial charge in [0.1, 0.15) is 11.5 Å². The van der Waals surface area contributed by atoms with Crippen molar-refractivity contribution in [2.75, 3.05) is 20.0 Å². The first-order valence-electron chi connectivity index (χ1n) is 8.72. The molecular weight excluding hydrogens is 376 g/mol. The van der Waals surface area contributed by atoms with Crippen molar-refractivity contribution in [1.29, 1.82) is 0 Å². The summed E-state index contributed by atoms with van der Waals surface area (Å²) in [6.45, 7) is 1.93. The number of hydrogen-bond acceptors (Lipinski definition) is 6. The van der Waals surface area contributed by atoms with Crippen molar-refractivity contribution in [1.82, 2.24) is 20.5 Å². The minimum absolute atomic E-state index is 0.0980. The van der Waals surface area contributed by atoms with Gasteiger partial charge in [-0.05, 0) is 37.3 Å². The predicted octanol–water partition coefficient (Wildman–Crippen LogP) is 3.46. The molecule has 1 heterocycles. The average Bonchev–Trinajstić information content (AvgIpc) is 3.21. The van der Waals surface area contributed by atoms with Crippen molar-refractivity contribution < 1.29 is 14.3 Å². The van der Waals surface area contributed by atoms with Crippen molar-refractivity contribution in [3.8, 4) is 22.9 Å². The Labute approximate surface area is 167 Å². The molecule has 0 spiro atoms. The fourth-order valence-electron chi connectivity index (χ4n) is 2.70. The lowest BCUT2D eigenvalue weighted by molar-refractivity contribution is -0.119. The highest BCUT2D eigenvalue weighted by Crippen LogP contribution is 2.25. The molecule has 0 aliphatic rings. The van der Waals surface area contributed by atoms with Gasteiger partial charge in [0.25, 0.3) is 0 Å². The van der Waals surface area contributed by atoms with Crippen LogP contribution in [0.4, 0.5) is 0 Å². The summed E-state index contributed by atoms with van der Waals surface area (Å²) in [5, 5.41) is 10.6. The molecule has 0 fully saturated rings. The molecule has 1 aromatic heterocycles. The van der Waals surface area contributed by atoms with Gasteiger partial charge in [0.2, 0.25) is 11.1 Å². The molecular formula is C20H22N4O3S. The lowest BCUT2D eigenvalue weighted by Gasteiger charge is -2.16. The van der Waals surface area contributed by atoms with Gasteiger partial charge in [0.05, 0.1) is 26.0 Å². The average molecular weight is 398 g/mol. The third-order valence-electron chi connectivity index (χ3n) is 4.14. The number of ether oxygens (including phenoxy) is 2. The zero-order valence-electron chi connectivity index (χ0n) is 15.9. The van der Waals surface area contributed by atoms with Crippen molar-refractivity contribution in [3.05, 3.63) is 54.1 Å². The summed E-state index contributed by atoms with van der Waals surface area (Å²) in [5.74, 6) is 2.30. The first kappa shape index (κ1) is 19.8. The number of thioether (sulfide) groups is 1. The summed E-state index contributed by atoms with van der Waals surface area (Å²) in [6, 6.07) is 15.0. The molecule has 7 nitrogen and oxygen atoms in total. The zero-order valence-corrected chi connectivity index (χ0v) is 16.7. The highest BCUT2D eigenvalue weighted by atomic mass is 32.2. The number of rotatable bonds is 8. The van der Waals surface area contributed by atoms with Gasteiger partial charge in [-0.3, -0.25) is 9.89 Å². The molecule has 1 amide bonds. The lowest BCUT2D eigenvalue weighted by Crippen LogP contribution is -2.28. The normalized spacial score (nSPS) is 11.7. The van der Waals surface area contributed by atoms with E-state index in [2.05, 4.69) is 20.5 Å². The van der Waals surface area contributed by atoms with E-state index in [1.54, 1.807) is 14.2 Å². The summed E-state index contributed by atoms with van der Waals surface area (Å²) in [7, 11) is 3.24. The van der Waals surface area contributed by atoms with Crippen LogP contribution in [0.15, 0.2) is 53.7 Å². The van der Waals surface area contributed by atoms with Crippen LogP contribution in [0.5, 0.6) is 11.5 Å².